The van der Waals surface area contributed by atoms with Crippen LogP contribution in [0.25, 0.3) is 0 Å². The van der Waals surface area contributed by atoms with Gasteiger partial charge in [0.2, 0.25) is 17.7 Å². The number of allylic oxidation sites excluding steroid dienone is 1. The van der Waals surface area contributed by atoms with Gasteiger partial charge in [-0.2, -0.15) is 0 Å². The molecule has 1 fully saturated rings. The lowest BCUT2D eigenvalue weighted by Crippen LogP contribution is -2.49. The van der Waals surface area contributed by atoms with Crippen molar-refractivity contribution in [2.45, 2.75) is 37.3 Å². The zero-order chi connectivity index (χ0) is 29.8. The summed E-state index contributed by atoms with van der Waals surface area (Å²) in [5.41, 5.74) is 12.1. The fourth-order valence-electron chi connectivity index (χ4n) is 6.13. The summed E-state index contributed by atoms with van der Waals surface area (Å²) in [6, 6.07) is 11.9. The summed E-state index contributed by atoms with van der Waals surface area (Å²) >= 11 is 12.7. The van der Waals surface area contributed by atoms with E-state index in [1.807, 2.05) is 19.9 Å². The minimum Gasteiger partial charge on any atom is -0.495 e. The third-order valence-electron chi connectivity index (χ3n) is 7.71. The average Bonchev–Trinajstić information content (AvgIpc) is 3.37. The molecule has 3 aromatic rings. The summed E-state index contributed by atoms with van der Waals surface area (Å²) in [6.07, 6.45) is 1.82. The maximum absolute atomic E-state index is 15.8. The van der Waals surface area contributed by atoms with Crippen LogP contribution >= 0.6 is 23.2 Å². The number of methoxy groups -OCH3 is 1. The van der Waals surface area contributed by atoms with E-state index in [-0.39, 0.29) is 21.9 Å². The van der Waals surface area contributed by atoms with Gasteiger partial charge in [0, 0.05) is 22.5 Å². The Morgan fingerprint density at radius 1 is 1.07 bits per heavy atom. The fraction of sp³-hybridized carbons (Fsp3) is 0.233. The van der Waals surface area contributed by atoms with Gasteiger partial charge < -0.3 is 16.2 Å². The SMILES string of the molecule is COc1cc(C(N)=O)ccc1N1C(=O)[C@]2(c3ccc(Cl)cc31)[C@H](C=C(C)C)N[C@@H](C(N)=O)[C@@H]2c1cccc(Cl)c1F. The molecule has 5 N–H and O–H groups in total. The summed E-state index contributed by atoms with van der Waals surface area (Å²) in [5.74, 6) is -3.58. The van der Waals surface area contributed by atoms with Crippen molar-refractivity contribution >= 4 is 52.3 Å². The van der Waals surface area contributed by atoms with Gasteiger partial charge in [-0.25, -0.2) is 4.39 Å². The highest BCUT2D eigenvalue weighted by molar-refractivity contribution is 6.31. The third kappa shape index (κ3) is 4.36. The van der Waals surface area contributed by atoms with Gasteiger partial charge in [0.05, 0.1) is 29.5 Å². The van der Waals surface area contributed by atoms with Crippen molar-refractivity contribution < 1.29 is 23.5 Å². The second-order valence-electron chi connectivity index (χ2n) is 10.3. The highest BCUT2D eigenvalue weighted by atomic mass is 35.5. The first-order chi connectivity index (χ1) is 19.4. The Hall–Kier alpha value is -3.92. The van der Waals surface area contributed by atoms with Crippen LogP contribution in [0, 0.1) is 5.82 Å². The number of hydrogen-bond donors (Lipinski definition) is 3. The van der Waals surface area contributed by atoms with Crippen LogP contribution < -0.4 is 26.4 Å². The molecule has 5 rings (SSSR count). The highest BCUT2D eigenvalue weighted by Gasteiger charge is 2.67. The van der Waals surface area contributed by atoms with E-state index in [4.69, 9.17) is 39.4 Å². The number of carbonyl (C=O) groups excluding carboxylic acids is 3. The quantitative estimate of drug-likeness (QED) is 0.354. The zero-order valence-corrected chi connectivity index (χ0v) is 23.9. The van der Waals surface area contributed by atoms with Gasteiger partial charge in [-0.3, -0.25) is 24.6 Å². The molecule has 2 heterocycles. The van der Waals surface area contributed by atoms with Crippen molar-refractivity contribution in [2.24, 2.45) is 11.5 Å². The number of halogens is 3. The lowest BCUT2D eigenvalue weighted by atomic mass is 9.64. The van der Waals surface area contributed by atoms with Crippen LogP contribution in [-0.2, 0) is 15.0 Å². The van der Waals surface area contributed by atoms with E-state index in [1.165, 1.54) is 36.3 Å². The molecule has 8 nitrogen and oxygen atoms in total. The van der Waals surface area contributed by atoms with Crippen molar-refractivity contribution in [2.75, 3.05) is 12.0 Å². The van der Waals surface area contributed by atoms with Crippen LogP contribution in [0.4, 0.5) is 15.8 Å². The number of primary amides is 2. The maximum atomic E-state index is 15.8. The predicted molar refractivity (Wildman–Crippen MR) is 155 cm³/mol. The molecule has 0 bridgehead atoms. The van der Waals surface area contributed by atoms with Crippen molar-refractivity contribution in [3.8, 4) is 5.75 Å². The van der Waals surface area contributed by atoms with E-state index in [0.717, 1.165) is 5.57 Å². The Morgan fingerprint density at radius 2 is 1.80 bits per heavy atom. The number of anilines is 2. The van der Waals surface area contributed by atoms with E-state index in [1.54, 1.807) is 30.3 Å². The molecule has 4 atom stereocenters. The van der Waals surface area contributed by atoms with Crippen LogP contribution in [0.5, 0.6) is 5.75 Å². The molecule has 2 aliphatic heterocycles. The van der Waals surface area contributed by atoms with Gasteiger partial charge in [-0.1, -0.05) is 53.1 Å². The van der Waals surface area contributed by atoms with Gasteiger partial charge in [0.1, 0.15) is 17.0 Å². The summed E-state index contributed by atoms with van der Waals surface area (Å²) in [6.45, 7) is 3.71. The Kier molecular flexibility index (Phi) is 7.31. The number of nitrogens with two attached hydrogens (primary N) is 2. The topological polar surface area (TPSA) is 128 Å². The molecule has 1 spiro atoms. The molecular formula is C30H27Cl2FN4O4. The number of amides is 3. The van der Waals surface area contributed by atoms with Crippen molar-refractivity contribution in [3.63, 3.8) is 0 Å². The molecular weight excluding hydrogens is 570 g/mol. The molecule has 0 aromatic heterocycles. The summed E-state index contributed by atoms with van der Waals surface area (Å²) < 4.78 is 21.4. The van der Waals surface area contributed by atoms with Crippen LogP contribution in [-0.4, -0.2) is 36.9 Å². The minimum absolute atomic E-state index is 0.0607. The lowest BCUT2D eigenvalue weighted by Gasteiger charge is -2.35. The second kappa shape index (κ2) is 10.5. The Morgan fingerprint density at radius 3 is 2.44 bits per heavy atom. The molecule has 1 saturated heterocycles. The number of ether oxygens (including phenoxy) is 1. The molecule has 3 aromatic carbocycles. The monoisotopic (exact) mass is 596 g/mol. The van der Waals surface area contributed by atoms with Crippen molar-refractivity contribution in [3.05, 3.63) is 98.8 Å². The molecule has 0 unspecified atom stereocenters. The summed E-state index contributed by atoms with van der Waals surface area (Å²) in [4.78, 5) is 41.3. The standard InChI is InChI=1S/C30H27Cl2FN4O4/c1-14(2)11-23-30(24(26(36-23)28(35)39)17-5-4-6-19(32)25(17)33)18-9-8-16(31)13-21(18)37(29(30)40)20-10-7-15(27(34)38)12-22(20)41-3/h4-13,23-24,26,36H,1-3H3,(H2,34,38)(H2,35,39)/t23-,24-,26+,30+/m0/s1. The smallest absolute Gasteiger partial charge is 0.248 e. The minimum atomic E-state index is -1.57. The number of benzene rings is 3. The number of rotatable bonds is 6. The Bertz CT molecular complexity index is 1640. The molecule has 0 radical (unpaired) electrons. The van der Waals surface area contributed by atoms with E-state index >= 15 is 9.18 Å². The van der Waals surface area contributed by atoms with Crippen molar-refractivity contribution in [1.29, 1.82) is 0 Å². The number of carbonyl (C=O) groups is 3. The van der Waals surface area contributed by atoms with E-state index < -0.39 is 47.0 Å². The summed E-state index contributed by atoms with van der Waals surface area (Å²) in [5, 5.41) is 3.41. The zero-order valence-electron chi connectivity index (χ0n) is 22.4. The molecule has 3 amide bonds. The van der Waals surface area contributed by atoms with Crippen LogP contribution in [0.2, 0.25) is 10.0 Å². The second-order valence-corrected chi connectivity index (χ2v) is 11.2. The van der Waals surface area contributed by atoms with Gasteiger partial charge in [0.15, 0.2) is 0 Å². The number of fused-ring (bicyclic) bond motifs is 2. The number of hydrogen-bond acceptors (Lipinski definition) is 5. The Balaban J connectivity index is 1.88. The fourth-order valence-corrected chi connectivity index (χ4v) is 6.48. The third-order valence-corrected chi connectivity index (χ3v) is 8.23. The van der Waals surface area contributed by atoms with Gasteiger partial charge in [-0.15, -0.1) is 0 Å². The maximum Gasteiger partial charge on any atom is 0.248 e. The molecule has 2 aliphatic rings. The van der Waals surface area contributed by atoms with Crippen LogP contribution in [0.3, 0.4) is 0 Å². The van der Waals surface area contributed by atoms with Gasteiger partial charge in [0.25, 0.3) is 0 Å². The highest BCUT2D eigenvalue weighted by Crippen LogP contribution is 2.59. The van der Waals surface area contributed by atoms with E-state index in [0.29, 0.717) is 22.0 Å². The largest absolute Gasteiger partial charge is 0.495 e. The number of nitrogens with zero attached hydrogens (tertiary/aromatic N) is 1. The lowest BCUT2D eigenvalue weighted by molar-refractivity contribution is -0.123. The molecule has 11 heteroatoms. The molecule has 0 saturated carbocycles. The molecule has 212 valence electrons. The van der Waals surface area contributed by atoms with Crippen LogP contribution in [0.1, 0.15) is 41.3 Å². The Labute approximate surface area is 246 Å². The first-order valence-electron chi connectivity index (χ1n) is 12.7. The van der Waals surface area contributed by atoms with Crippen molar-refractivity contribution in [1.82, 2.24) is 5.32 Å². The van der Waals surface area contributed by atoms with Crippen LogP contribution in [0.15, 0.2) is 66.2 Å². The number of nitrogens with one attached hydrogen (secondary N) is 1. The average molecular weight is 597 g/mol. The normalized spacial score (nSPS) is 23.0. The molecule has 0 aliphatic carbocycles. The first-order valence-corrected chi connectivity index (χ1v) is 13.5. The molecule has 41 heavy (non-hydrogen) atoms. The van der Waals surface area contributed by atoms with E-state index in [2.05, 4.69) is 5.32 Å². The first kappa shape index (κ1) is 28.6. The van der Waals surface area contributed by atoms with Gasteiger partial charge in [-0.05, 0) is 61.4 Å². The predicted octanol–water partition coefficient (Wildman–Crippen LogP) is 4.73. The van der Waals surface area contributed by atoms with E-state index in [9.17, 15) is 9.59 Å². The van der Waals surface area contributed by atoms with Gasteiger partial charge >= 0.3 is 0 Å². The summed E-state index contributed by atoms with van der Waals surface area (Å²) in [7, 11) is 1.40.